The summed E-state index contributed by atoms with van der Waals surface area (Å²) >= 11 is 0. The third-order valence-corrected chi connectivity index (χ3v) is 2.66. The van der Waals surface area contributed by atoms with Crippen LogP contribution in [0.5, 0.6) is 18.0 Å². The maximum Gasteiger partial charge on any atom is 0.325 e. The minimum Gasteiger partial charge on any atom is -0.461 e. The normalized spacial score (nSPS) is 10.2. The summed E-state index contributed by atoms with van der Waals surface area (Å²) in [6.45, 7) is 13.9. The number of rotatable bonds is 18. The van der Waals surface area contributed by atoms with E-state index in [1.165, 1.54) is 0 Å². The van der Waals surface area contributed by atoms with Crippen LogP contribution >= 0.6 is 0 Å². The molecule has 0 spiro atoms. The first-order valence-corrected chi connectivity index (χ1v) is 8.50. The SMILES string of the molecule is C=CCOCCOc1nc(OCCOCC=C)nc(OCCOCC=C)n1. The van der Waals surface area contributed by atoms with Gasteiger partial charge in [0, 0.05) is 0 Å². The van der Waals surface area contributed by atoms with Gasteiger partial charge in [-0.1, -0.05) is 18.2 Å². The van der Waals surface area contributed by atoms with Crippen molar-refractivity contribution in [2.45, 2.75) is 0 Å². The van der Waals surface area contributed by atoms with Gasteiger partial charge in [-0.2, -0.15) is 0 Å². The lowest BCUT2D eigenvalue weighted by molar-refractivity contribution is 0.103. The van der Waals surface area contributed by atoms with E-state index in [4.69, 9.17) is 28.4 Å². The Balaban J connectivity index is 2.55. The van der Waals surface area contributed by atoms with Gasteiger partial charge in [-0.3, -0.25) is 0 Å². The molecule has 9 nitrogen and oxygen atoms in total. The summed E-state index contributed by atoms with van der Waals surface area (Å²) in [5.41, 5.74) is 0. The van der Waals surface area contributed by atoms with Gasteiger partial charge in [-0.15, -0.1) is 34.7 Å². The molecule has 1 rings (SSSR count). The average Bonchev–Trinajstić information content (AvgIpc) is 2.67. The zero-order valence-electron chi connectivity index (χ0n) is 15.5. The molecule has 0 bridgehead atoms. The first-order valence-electron chi connectivity index (χ1n) is 8.50. The highest BCUT2D eigenvalue weighted by Crippen LogP contribution is 2.14. The number of ether oxygens (including phenoxy) is 6. The number of aromatic nitrogens is 3. The third-order valence-electron chi connectivity index (χ3n) is 2.66. The Labute approximate surface area is 159 Å². The molecule has 0 amide bonds. The van der Waals surface area contributed by atoms with Gasteiger partial charge in [-0.05, 0) is 0 Å². The Hall–Kier alpha value is -2.49. The van der Waals surface area contributed by atoms with Gasteiger partial charge in [0.15, 0.2) is 0 Å². The minimum absolute atomic E-state index is 0.0798. The van der Waals surface area contributed by atoms with Gasteiger partial charge in [0.05, 0.1) is 39.6 Å². The molecule has 0 aromatic carbocycles. The van der Waals surface area contributed by atoms with Crippen molar-refractivity contribution in [2.24, 2.45) is 0 Å². The van der Waals surface area contributed by atoms with Gasteiger partial charge in [0.1, 0.15) is 19.8 Å². The maximum absolute atomic E-state index is 5.45. The summed E-state index contributed by atoms with van der Waals surface area (Å²) in [6.07, 6.45) is 4.97. The van der Waals surface area contributed by atoms with Crippen molar-refractivity contribution in [2.75, 3.05) is 59.5 Å². The predicted octanol–water partition coefficient (Wildman–Crippen LogP) is 1.62. The van der Waals surface area contributed by atoms with Gasteiger partial charge >= 0.3 is 18.0 Å². The van der Waals surface area contributed by atoms with Crippen LogP contribution in [0.4, 0.5) is 0 Å². The van der Waals surface area contributed by atoms with Crippen LogP contribution < -0.4 is 14.2 Å². The van der Waals surface area contributed by atoms with Crippen LogP contribution in [-0.4, -0.2) is 74.4 Å². The highest BCUT2D eigenvalue weighted by atomic mass is 16.6. The zero-order valence-corrected chi connectivity index (χ0v) is 15.5. The lowest BCUT2D eigenvalue weighted by Crippen LogP contribution is -2.14. The summed E-state index contributed by atoms with van der Waals surface area (Å²) < 4.78 is 32.1. The van der Waals surface area contributed by atoms with Crippen LogP contribution in [0.15, 0.2) is 38.0 Å². The lowest BCUT2D eigenvalue weighted by atomic mass is 10.7. The summed E-state index contributed by atoms with van der Waals surface area (Å²) in [6, 6.07) is 0.240. The quantitative estimate of drug-likeness (QED) is 0.278. The second kappa shape index (κ2) is 15.7. The van der Waals surface area contributed by atoms with Crippen LogP contribution in [0, 0.1) is 0 Å². The molecule has 0 saturated carbocycles. The molecule has 0 aliphatic heterocycles. The predicted molar refractivity (Wildman–Crippen MR) is 99.4 cm³/mol. The first kappa shape index (κ1) is 22.6. The minimum atomic E-state index is 0.0798. The smallest absolute Gasteiger partial charge is 0.325 e. The number of hydrogen-bond acceptors (Lipinski definition) is 9. The van der Waals surface area contributed by atoms with E-state index in [-0.39, 0.29) is 37.9 Å². The van der Waals surface area contributed by atoms with E-state index in [9.17, 15) is 0 Å². The molecular formula is C18H27N3O6. The fourth-order valence-corrected chi connectivity index (χ4v) is 1.59. The van der Waals surface area contributed by atoms with Crippen LogP contribution in [0.2, 0.25) is 0 Å². The highest BCUT2D eigenvalue weighted by molar-refractivity contribution is 5.09. The first-order chi connectivity index (χ1) is 13.3. The van der Waals surface area contributed by atoms with Gasteiger partial charge in [0.2, 0.25) is 0 Å². The molecule has 0 fully saturated rings. The lowest BCUT2D eigenvalue weighted by Gasteiger charge is -2.10. The molecular weight excluding hydrogens is 354 g/mol. The second-order valence-corrected chi connectivity index (χ2v) is 4.82. The summed E-state index contributed by atoms with van der Waals surface area (Å²) in [5, 5.41) is 0. The summed E-state index contributed by atoms with van der Waals surface area (Å²) in [4.78, 5) is 12.3. The van der Waals surface area contributed by atoms with E-state index >= 15 is 0 Å². The molecule has 0 radical (unpaired) electrons. The molecule has 1 aromatic heterocycles. The van der Waals surface area contributed by atoms with Crippen molar-refractivity contribution >= 4 is 0 Å². The molecule has 27 heavy (non-hydrogen) atoms. The fourth-order valence-electron chi connectivity index (χ4n) is 1.59. The van der Waals surface area contributed by atoms with Crippen LogP contribution in [-0.2, 0) is 14.2 Å². The maximum atomic E-state index is 5.45. The average molecular weight is 381 g/mol. The molecule has 0 aliphatic rings. The molecule has 0 saturated heterocycles. The van der Waals surface area contributed by atoms with Crippen molar-refractivity contribution in [3.63, 3.8) is 0 Å². The van der Waals surface area contributed by atoms with Crippen LogP contribution in [0.25, 0.3) is 0 Å². The van der Waals surface area contributed by atoms with Gasteiger partial charge in [0.25, 0.3) is 0 Å². The Morgan fingerprint density at radius 1 is 0.519 bits per heavy atom. The molecule has 0 aliphatic carbocycles. The van der Waals surface area contributed by atoms with Crippen LogP contribution in [0.1, 0.15) is 0 Å². The van der Waals surface area contributed by atoms with Crippen LogP contribution in [0.3, 0.4) is 0 Å². The molecule has 1 aromatic rings. The van der Waals surface area contributed by atoms with E-state index in [2.05, 4.69) is 34.7 Å². The van der Waals surface area contributed by atoms with Crippen molar-refractivity contribution < 1.29 is 28.4 Å². The molecule has 0 atom stereocenters. The number of nitrogens with zero attached hydrogens (tertiary/aromatic N) is 3. The van der Waals surface area contributed by atoms with Gasteiger partial charge in [-0.25, -0.2) is 0 Å². The molecule has 0 unspecified atom stereocenters. The monoisotopic (exact) mass is 381 g/mol. The van der Waals surface area contributed by atoms with Crippen molar-refractivity contribution in [1.29, 1.82) is 0 Å². The fraction of sp³-hybridized carbons (Fsp3) is 0.500. The van der Waals surface area contributed by atoms with Crippen molar-refractivity contribution in [3.8, 4) is 18.0 Å². The van der Waals surface area contributed by atoms with E-state index in [0.717, 1.165) is 0 Å². The molecule has 0 N–H and O–H groups in total. The van der Waals surface area contributed by atoms with Crippen molar-refractivity contribution in [3.05, 3.63) is 38.0 Å². The Morgan fingerprint density at radius 3 is 1.07 bits per heavy atom. The standard InChI is InChI=1S/C18H27N3O6/c1-4-7-22-10-13-25-16-19-17(26-14-11-23-8-5-2)21-18(20-16)27-15-12-24-9-6-3/h4-6H,1-3,7-15H2. The highest BCUT2D eigenvalue weighted by Gasteiger charge is 2.10. The third kappa shape index (κ3) is 11.7. The topological polar surface area (TPSA) is 94.1 Å². The van der Waals surface area contributed by atoms with E-state index in [0.29, 0.717) is 39.6 Å². The van der Waals surface area contributed by atoms with Gasteiger partial charge < -0.3 is 28.4 Å². The van der Waals surface area contributed by atoms with E-state index < -0.39 is 0 Å². The number of hydrogen-bond donors (Lipinski definition) is 0. The van der Waals surface area contributed by atoms with Crippen molar-refractivity contribution in [1.82, 2.24) is 15.0 Å². The molecule has 150 valence electrons. The van der Waals surface area contributed by atoms with E-state index in [1.807, 2.05) is 0 Å². The second-order valence-electron chi connectivity index (χ2n) is 4.82. The Morgan fingerprint density at radius 2 is 0.815 bits per heavy atom. The molecule has 1 heterocycles. The summed E-state index contributed by atoms with van der Waals surface area (Å²) in [5.74, 6) is 0. The zero-order chi connectivity index (χ0) is 19.6. The summed E-state index contributed by atoms with van der Waals surface area (Å²) in [7, 11) is 0. The van der Waals surface area contributed by atoms with E-state index in [1.54, 1.807) is 18.2 Å². The Bertz CT molecular complexity index is 467. The Kier molecular flexibility index (Phi) is 13.1. The largest absolute Gasteiger partial charge is 0.461 e. The molecule has 9 heteroatoms.